The van der Waals surface area contributed by atoms with Crippen molar-refractivity contribution in [1.82, 2.24) is 0 Å². The Balaban J connectivity index is 1.45. The Morgan fingerprint density at radius 2 is 1.55 bits per heavy atom. The number of aliphatic carboxylic acids is 1. The van der Waals surface area contributed by atoms with Gasteiger partial charge in [-0.3, -0.25) is 4.79 Å². The molecule has 1 N–H and O–H groups in total. The molecule has 0 spiro atoms. The van der Waals surface area contributed by atoms with Gasteiger partial charge in [-0.1, -0.05) is 27.2 Å². The Morgan fingerprint density at radius 1 is 0.862 bits per heavy atom. The lowest BCUT2D eigenvalue weighted by Gasteiger charge is -2.67. The molecule has 0 aromatic rings. The molecule has 8 unspecified atom stereocenters. The van der Waals surface area contributed by atoms with E-state index in [1.165, 1.54) is 44.9 Å². The van der Waals surface area contributed by atoms with E-state index in [0.29, 0.717) is 34.7 Å². The molecular weight excluding hydrogens is 360 g/mol. The molecule has 5 rings (SSSR count). The first kappa shape index (κ1) is 20.3. The zero-order valence-electron chi connectivity index (χ0n) is 19.1. The van der Waals surface area contributed by atoms with Crippen molar-refractivity contribution in [1.29, 1.82) is 0 Å². The molecule has 3 nitrogen and oxygen atoms in total. The second-order valence-electron chi connectivity index (χ2n) is 12.2. The Hall–Kier alpha value is -0.570. The van der Waals surface area contributed by atoms with Crippen molar-refractivity contribution < 1.29 is 14.6 Å². The van der Waals surface area contributed by atoms with Crippen LogP contribution >= 0.6 is 0 Å². The van der Waals surface area contributed by atoms with Crippen molar-refractivity contribution in [3.63, 3.8) is 0 Å². The molecule has 0 radical (unpaired) electrons. The van der Waals surface area contributed by atoms with Crippen LogP contribution in [-0.2, 0) is 9.53 Å². The highest BCUT2D eigenvalue weighted by Crippen LogP contribution is 2.71. The molecule has 5 saturated carbocycles. The number of rotatable bonds is 2. The second kappa shape index (κ2) is 6.71. The molecular formula is C26H42O3. The summed E-state index contributed by atoms with van der Waals surface area (Å²) in [5.41, 5.74) is 0.487. The van der Waals surface area contributed by atoms with Crippen LogP contribution in [0.1, 0.15) is 91.4 Å². The normalized spacial score (nSPS) is 56.6. The number of carboxylic acid groups (broad SMARTS) is 1. The van der Waals surface area contributed by atoms with Gasteiger partial charge < -0.3 is 9.84 Å². The summed E-state index contributed by atoms with van der Waals surface area (Å²) in [5.74, 6) is 3.67. The van der Waals surface area contributed by atoms with Crippen LogP contribution in [0.3, 0.4) is 0 Å². The van der Waals surface area contributed by atoms with Crippen molar-refractivity contribution >= 4 is 5.97 Å². The van der Waals surface area contributed by atoms with E-state index in [2.05, 4.69) is 20.8 Å². The summed E-state index contributed by atoms with van der Waals surface area (Å²) in [7, 11) is 1.90. The fraction of sp³-hybridized carbons (Fsp3) is 0.962. The minimum Gasteiger partial charge on any atom is -0.481 e. The summed E-state index contributed by atoms with van der Waals surface area (Å²) in [5, 5.41) is 10.1. The topological polar surface area (TPSA) is 46.5 Å². The molecule has 0 saturated heterocycles. The first-order valence-electron chi connectivity index (χ1n) is 12.5. The zero-order chi connectivity index (χ0) is 20.6. The maximum atomic E-state index is 12.3. The fourth-order valence-electron chi connectivity index (χ4n) is 10.5. The van der Waals surface area contributed by atoms with Crippen LogP contribution in [0.4, 0.5) is 0 Å². The largest absolute Gasteiger partial charge is 0.481 e. The molecule has 5 aliphatic carbocycles. The number of carbonyl (C=O) groups is 1. The van der Waals surface area contributed by atoms with E-state index in [9.17, 15) is 9.90 Å². The minimum atomic E-state index is -0.479. The van der Waals surface area contributed by atoms with Gasteiger partial charge in [-0.05, 0) is 111 Å². The van der Waals surface area contributed by atoms with Gasteiger partial charge in [-0.25, -0.2) is 0 Å². The first-order chi connectivity index (χ1) is 13.8. The van der Waals surface area contributed by atoms with E-state index in [0.717, 1.165) is 43.4 Å². The Morgan fingerprint density at radius 3 is 2.28 bits per heavy atom. The van der Waals surface area contributed by atoms with Gasteiger partial charge in [0.05, 0.1) is 11.5 Å². The lowest BCUT2D eigenvalue weighted by atomic mass is 9.37. The van der Waals surface area contributed by atoms with Crippen LogP contribution in [0, 0.1) is 51.8 Å². The quantitative estimate of drug-likeness (QED) is 0.601. The molecule has 0 aromatic heterocycles. The van der Waals surface area contributed by atoms with Crippen LogP contribution in [0.25, 0.3) is 0 Å². The average molecular weight is 403 g/mol. The smallest absolute Gasteiger partial charge is 0.309 e. The van der Waals surface area contributed by atoms with E-state index in [1.807, 2.05) is 7.11 Å². The SMILES string of the molecule is COC1CCC2(C)C(CCC3(C)C4CC[C@@]5(C(=O)O)CCCC5C4CCC32)[C@H]1C. The Labute approximate surface area is 177 Å². The van der Waals surface area contributed by atoms with E-state index < -0.39 is 5.97 Å². The standard InChI is InChI=1S/C26H42O3/c1-16-18-9-13-25(3)19-10-15-26(23(27)28)12-5-6-20(26)17(19)7-8-22(25)24(18,2)14-11-21(16)29-4/h16-22H,5-15H2,1-4H3,(H,27,28)/t16-,17?,18?,19?,20?,21?,22?,24?,25?,26+/m1/s1. The number of methoxy groups -OCH3 is 1. The van der Waals surface area contributed by atoms with Gasteiger partial charge in [-0.15, -0.1) is 0 Å². The number of fused-ring (bicyclic) bond motifs is 7. The molecule has 0 bridgehead atoms. The summed E-state index contributed by atoms with van der Waals surface area (Å²) in [6.07, 6.45) is 13.7. The molecule has 164 valence electrons. The van der Waals surface area contributed by atoms with Gasteiger partial charge in [-0.2, -0.15) is 0 Å². The van der Waals surface area contributed by atoms with Gasteiger partial charge in [0.2, 0.25) is 0 Å². The third-order valence-corrected chi connectivity index (χ3v) is 11.8. The molecule has 29 heavy (non-hydrogen) atoms. The van der Waals surface area contributed by atoms with E-state index in [4.69, 9.17) is 4.74 Å². The second-order valence-corrected chi connectivity index (χ2v) is 12.2. The number of ether oxygens (including phenoxy) is 1. The van der Waals surface area contributed by atoms with Crippen molar-refractivity contribution in [3.05, 3.63) is 0 Å². The van der Waals surface area contributed by atoms with Crippen LogP contribution in [0.15, 0.2) is 0 Å². The predicted molar refractivity (Wildman–Crippen MR) is 114 cm³/mol. The molecule has 3 heteroatoms. The Kier molecular flexibility index (Phi) is 4.71. The summed E-state index contributed by atoms with van der Waals surface area (Å²) in [4.78, 5) is 12.3. The maximum Gasteiger partial charge on any atom is 0.309 e. The number of carboxylic acids is 1. The van der Waals surface area contributed by atoms with E-state index >= 15 is 0 Å². The van der Waals surface area contributed by atoms with Crippen molar-refractivity contribution in [2.75, 3.05) is 7.11 Å². The third kappa shape index (κ3) is 2.55. The molecule has 0 heterocycles. The highest BCUT2D eigenvalue weighted by atomic mass is 16.5. The highest BCUT2D eigenvalue weighted by molar-refractivity contribution is 5.75. The minimum absolute atomic E-state index is 0.378. The van der Waals surface area contributed by atoms with Crippen LogP contribution in [0.2, 0.25) is 0 Å². The van der Waals surface area contributed by atoms with Gasteiger partial charge in [0.25, 0.3) is 0 Å². The Bertz CT molecular complexity index is 675. The molecule has 0 aliphatic heterocycles. The van der Waals surface area contributed by atoms with Crippen LogP contribution < -0.4 is 0 Å². The summed E-state index contributed by atoms with van der Waals surface area (Å²) in [6.45, 7) is 7.71. The molecule has 0 amide bonds. The summed E-state index contributed by atoms with van der Waals surface area (Å²) < 4.78 is 5.87. The van der Waals surface area contributed by atoms with Gasteiger partial charge in [0, 0.05) is 7.11 Å². The molecule has 0 aromatic carbocycles. The molecule has 5 aliphatic rings. The van der Waals surface area contributed by atoms with Crippen LogP contribution in [-0.4, -0.2) is 24.3 Å². The first-order valence-corrected chi connectivity index (χ1v) is 12.5. The van der Waals surface area contributed by atoms with Gasteiger partial charge in [0.1, 0.15) is 0 Å². The number of hydrogen-bond acceptors (Lipinski definition) is 2. The third-order valence-electron chi connectivity index (χ3n) is 11.8. The molecule has 10 atom stereocenters. The average Bonchev–Trinajstić information content (AvgIpc) is 3.14. The van der Waals surface area contributed by atoms with Crippen LogP contribution in [0.5, 0.6) is 0 Å². The van der Waals surface area contributed by atoms with Crippen molar-refractivity contribution in [2.24, 2.45) is 51.8 Å². The van der Waals surface area contributed by atoms with E-state index in [1.54, 1.807) is 0 Å². The maximum absolute atomic E-state index is 12.3. The fourth-order valence-corrected chi connectivity index (χ4v) is 10.5. The summed E-state index contributed by atoms with van der Waals surface area (Å²) in [6, 6.07) is 0. The van der Waals surface area contributed by atoms with Gasteiger partial charge in [0.15, 0.2) is 0 Å². The number of hydrogen-bond donors (Lipinski definition) is 1. The highest BCUT2D eigenvalue weighted by Gasteiger charge is 2.65. The zero-order valence-corrected chi connectivity index (χ0v) is 19.1. The lowest BCUT2D eigenvalue weighted by Crippen LogP contribution is -2.61. The van der Waals surface area contributed by atoms with Gasteiger partial charge >= 0.3 is 5.97 Å². The monoisotopic (exact) mass is 402 g/mol. The van der Waals surface area contributed by atoms with Crippen molar-refractivity contribution in [2.45, 2.75) is 97.5 Å². The van der Waals surface area contributed by atoms with Crippen molar-refractivity contribution in [3.8, 4) is 0 Å². The lowest BCUT2D eigenvalue weighted by molar-refractivity contribution is -0.201. The molecule has 5 fully saturated rings. The summed E-state index contributed by atoms with van der Waals surface area (Å²) >= 11 is 0. The van der Waals surface area contributed by atoms with E-state index in [-0.39, 0.29) is 5.41 Å². The predicted octanol–water partition coefficient (Wildman–Crippen LogP) is 6.16.